The highest BCUT2D eigenvalue weighted by Crippen LogP contribution is 2.26. The normalized spacial score (nSPS) is 14.2. The maximum absolute atomic E-state index is 13.9. The second-order valence-corrected chi connectivity index (χ2v) is 5.58. The number of nitrogens with zero attached hydrogens (tertiary/aromatic N) is 1. The van der Waals surface area contributed by atoms with E-state index in [1.165, 1.54) is 19.1 Å². The summed E-state index contributed by atoms with van der Waals surface area (Å²) >= 11 is 0.888. The summed E-state index contributed by atoms with van der Waals surface area (Å²) in [5.41, 5.74) is 0.482. The summed E-state index contributed by atoms with van der Waals surface area (Å²) in [6, 6.07) is 6.13. The number of benzene rings is 1. The average molecular weight is 295 g/mol. The van der Waals surface area contributed by atoms with Gasteiger partial charge in [-0.05, 0) is 12.1 Å². The number of rotatable bonds is 4. The zero-order valence-electron chi connectivity index (χ0n) is 10.8. The molecule has 0 fully saturated rings. The highest BCUT2D eigenvalue weighted by Gasteiger charge is 2.22. The molecule has 1 aromatic carbocycles. The Kier molecular flexibility index (Phi) is 4.69. The Morgan fingerprint density at radius 1 is 1.45 bits per heavy atom. The van der Waals surface area contributed by atoms with Crippen molar-refractivity contribution >= 4 is 27.8 Å². The predicted molar refractivity (Wildman–Crippen MR) is 75.8 cm³/mol. The molecule has 0 radical (unpaired) electrons. The van der Waals surface area contributed by atoms with Gasteiger partial charge in [-0.25, -0.2) is 4.39 Å². The molecule has 0 spiro atoms. The molecule has 0 aliphatic carbocycles. The van der Waals surface area contributed by atoms with Gasteiger partial charge in [-0.15, -0.1) is 0 Å². The lowest BCUT2D eigenvalue weighted by Gasteiger charge is -2.18. The van der Waals surface area contributed by atoms with Gasteiger partial charge in [0, 0.05) is 35.9 Å². The first-order chi connectivity index (χ1) is 9.49. The van der Waals surface area contributed by atoms with Crippen molar-refractivity contribution in [3.05, 3.63) is 41.8 Å². The minimum Gasteiger partial charge on any atom is -0.389 e. The van der Waals surface area contributed by atoms with Crippen molar-refractivity contribution in [3.63, 3.8) is 0 Å². The molecule has 20 heavy (non-hydrogen) atoms. The second kappa shape index (κ2) is 6.30. The minimum atomic E-state index is -1.38. The van der Waals surface area contributed by atoms with Crippen molar-refractivity contribution in [3.8, 4) is 0 Å². The van der Waals surface area contributed by atoms with Crippen LogP contribution >= 0.6 is 11.8 Å². The highest BCUT2D eigenvalue weighted by molar-refractivity contribution is 8.13. The molecule has 0 bridgehead atoms. The summed E-state index contributed by atoms with van der Waals surface area (Å²) in [7, 11) is 0. The Balaban J connectivity index is 2.26. The van der Waals surface area contributed by atoms with Crippen LogP contribution in [0.15, 0.2) is 30.5 Å². The molecule has 4 nitrogen and oxygen atoms in total. The van der Waals surface area contributed by atoms with Gasteiger partial charge < -0.3 is 10.2 Å². The molecule has 2 rings (SSSR count). The van der Waals surface area contributed by atoms with Gasteiger partial charge in [-0.2, -0.15) is 0 Å². The molecule has 0 amide bonds. The third-order valence-electron chi connectivity index (χ3n) is 2.86. The van der Waals surface area contributed by atoms with Gasteiger partial charge in [0.25, 0.3) is 0 Å². The Hall–Kier alpha value is -1.50. The van der Waals surface area contributed by atoms with E-state index in [4.69, 9.17) is 0 Å². The standard InChI is InChI=1S/C14H14FNO3S/c1-8(17)20-7-13(18)14(19)10-5-9-3-2-4-16-12(9)6-11(10)15/h2-6,13-14,18-19H,7H2,1H3. The number of halogens is 1. The van der Waals surface area contributed by atoms with Crippen LogP contribution in [-0.4, -0.2) is 32.2 Å². The van der Waals surface area contributed by atoms with E-state index in [0.29, 0.717) is 10.9 Å². The molecule has 0 aliphatic rings. The van der Waals surface area contributed by atoms with Crippen molar-refractivity contribution in [1.29, 1.82) is 0 Å². The molecule has 6 heteroatoms. The number of carbonyl (C=O) groups excluding carboxylic acids is 1. The number of pyridine rings is 1. The third-order valence-corrected chi connectivity index (χ3v) is 3.78. The van der Waals surface area contributed by atoms with Crippen LogP contribution in [0.2, 0.25) is 0 Å². The van der Waals surface area contributed by atoms with Crippen LogP contribution in [0.25, 0.3) is 10.9 Å². The van der Waals surface area contributed by atoms with Crippen molar-refractivity contribution in [2.24, 2.45) is 0 Å². The van der Waals surface area contributed by atoms with Gasteiger partial charge in [-0.3, -0.25) is 9.78 Å². The quantitative estimate of drug-likeness (QED) is 0.903. The number of hydrogen-bond donors (Lipinski definition) is 2. The Labute approximate surface area is 119 Å². The van der Waals surface area contributed by atoms with Crippen LogP contribution in [0.4, 0.5) is 4.39 Å². The summed E-state index contributed by atoms with van der Waals surface area (Å²) in [4.78, 5) is 14.9. The van der Waals surface area contributed by atoms with Crippen LogP contribution in [0, 0.1) is 5.82 Å². The fourth-order valence-electron chi connectivity index (χ4n) is 1.84. The monoisotopic (exact) mass is 295 g/mol. The lowest BCUT2D eigenvalue weighted by molar-refractivity contribution is -0.109. The zero-order chi connectivity index (χ0) is 14.7. The fraction of sp³-hybridized carbons (Fsp3) is 0.286. The summed E-state index contributed by atoms with van der Waals surface area (Å²) in [5.74, 6) is -0.614. The van der Waals surface area contributed by atoms with Crippen LogP contribution in [0.1, 0.15) is 18.6 Å². The summed E-state index contributed by atoms with van der Waals surface area (Å²) in [5, 5.41) is 20.3. The Bertz CT molecular complexity index is 635. The first kappa shape index (κ1) is 14.9. The van der Waals surface area contributed by atoms with Crippen molar-refractivity contribution in [2.45, 2.75) is 19.1 Å². The van der Waals surface area contributed by atoms with E-state index in [0.717, 1.165) is 11.8 Å². The van der Waals surface area contributed by atoms with Crippen molar-refractivity contribution < 1.29 is 19.4 Å². The molecule has 2 aromatic rings. The fourth-order valence-corrected chi connectivity index (χ4v) is 2.43. The number of aromatic nitrogens is 1. The SMILES string of the molecule is CC(=O)SCC(O)C(O)c1cc2cccnc2cc1F. The molecule has 2 N–H and O–H groups in total. The predicted octanol–water partition coefficient (Wildman–Crippen LogP) is 2.05. The number of aliphatic hydroxyl groups is 2. The number of hydrogen-bond acceptors (Lipinski definition) is 5. The third kappa shape index (κ3) is 3.33. The van der Waals surface area contributed by atoms with Gasteiger partial charge in [0.05, 0.1) is 11.6 Å². The highest BCUT2D eigenvalue weighted by atomic mass is 32.2. The number of thioether (sulfide) groups is 1. The van der Waals surface area contributed by atoms with E-state index < -0.39 is 18.0 Å². The molecule has 2 atom stereocenters. The molecule has 0 aliphatic heterocycles. The first-order valence-electron chi connectivity index (χ1n) is 6.02. The smallest absolute Gasteiger partial charge is 0.185 e. The molecule has 2 unspecified atom stereocenters. The first-order valence-corrected chi connectivity index (χ1v) is 7.01. The van der Waals surface area contributed by atoms with Crippen LogP contribution < -0.4 is 0 Å². The Morgan fingerprint density at radius 2 is 2.20 bits per heavy atom. The topological polar surface area (TPSA) is 70.4 Å². The maximum atomic E-state index is 13.9. The molecule has 106 valence electrons. The van der Waals surface area contributed by atoms with E-state index in [1.54, 1.807) is 18.3 Å². The molecular formula is C14H14FNO3S. The number of fused-ring (bicyclic) bond motifs is 1. The van der Waals surface area contributed by atoms with E-state index in [2.05, 4.69) is 4.98 Å². The van der Waals surface area contributed by atoms with E-state index in [1.807, 2.05) is 0 Å². The van der Waals surface area contributed by atoms with Crippen molar-refractivity contribution in [2.75, 3.05) is 5.75 Å². The zero-order valence-corrected chi connectivity index (χ0v) is 11.6. The Morgan fingerprint density at radius 3 is 2.90 bits per heavy atom. The average Bonchev–Trinajstić information content (AvgIpc) is 2.43. The van der Waals surface area contributed by atoms with Gasteiger partial charge >= 0.3 is 0 Å². The summed E-state index contributed by atoms with van der Waals surface area (Å²) < 4.78 is 13.9. The minimum absolute atomic E-state index is 0.00199. The number of carbonyl (C=O) groups is 1. The molecule has 1 heterocycles. The molecular weight excluding hydrogens is 281 g/mol. The molecule has 0 saturated heterocycles. The van der Waals surface area contributed by atoms with Crippen molar-refractivity contribution in [1.82, 2.24) is 4.98 Å². The van der Waals surface area contributed by atoms with Crippen LogP contribution in [0.3, 0.4) is 0 Å². The van der Waals surface area contributed by atoms with Crippen LogP contribution in [0.5, 0.6) is 0 Å². The second-order valence-electron chi connectivity index (χ2n) is 4.38. The van der Waals surface area contributed by atoms with Crippen LogP contribution in [-0.2, 0) is 4.79 Å². The van der Waals surface area contributed by atoms with E-state index >= 15 is 0 Å². The van der Waals surface area contributed by atoms with Gasteiger partial charge in [-0.1, -0.05) is 17.8 Å². The van der Waals surface area contributed by atoms with Gasteiger partial charge in [0.1, 0.15) is 11.9 Å². The summed E-state index contributed by atoms with van der Waals surface area (Å²) in [6.07, 6.45) is -1.05. The van der Waals surface area contributed by atoms with E-state index in [9.17, 15) is 19.4 Å². The van der Waals surface area contributed by atoms with Gasteiger partial charge in [0.2, 0.25) is 0 Å². The van der Waals surface area contributed by atoms with E-state index in [-0.39, 0.29) is 16.4 Å². The maximum Gasteiger partial charge on any atom is 0.185 e. The molecule has 1 aromatic heterocycles. The van der Waals surface area contributed by atoms with Gasteiger partial charge in [0.15, 0.2) is 5.12 Å². The largest absolute Gasteiger partial charge is 0.389 e. The number of aliphatic hydroxyl groups excluding tert-OH is 2. The lowest BCUT2D eigenvalue weighted by Crippen LogP contribution is -2.22. The summed E-state index contributed by atoms with van der Waals surface area (Å²) in [6.45, 7) is 1.37. The molecule has 0 saturated carbocycles. The lowest BCUT2D eigenvalue weighted by atomic mass is 10.0.